The molecule has 0 aromatic heterocycles. The van der Waals surface area contributed by atoms with Crippen molar-refractivity contribution < 1.29 is 9.53 Å². The number of halogens is 1. The molecule has 1 rings (SSSR count). The summed E-state index contributed by atoms with van der Waals surface area (Å²) in [4.78, 5) is 12.1. The maximum absolute atomic E-state index is 12.1. The Bertz CT molecular complexity index is 510. The maximum Gasteiger partial charge on any atom is 0.261 e. The van der Waals surface area contributed by atoms with Gasteiger partial charge in [-0.15, -0.1) is 0 Å². The van der Waals surface area contributed by atoms with Crippen LogP contribution in [0.5, 0.6) is 5.75 Å². The highest BCUT2D eigenvalue weighted by atomic mass is 79.9. The Labute approximate surface area is 135 Å². The minimum atomic E-state index is -0.542. The molecule has 0 saturated carbocycles. The first kappa shape index (κ1) is 18.0. The monoisotopic (exact) mass is 356 g/mol. The van der Waals surface area contributed by atoms with Crippen LogP contribution < -0.4 is 15.4 Å². The number of rotatable bonds is 5. The Morgan fingerprint density at radius 2 is 2.00 bits per heavy atom. The van der Waals surface area contributed by atoms with Crippen LogP contribution >= 0.6 is 15.9 Å². The fourth-order valence-electron chi connectivity index (χ4n) is 1.99. The highest BCUT2D eigenvalue weighted by Gasteiger charge is 2.22. The van der Waals surface area contributed by atoms with Gasteiger partial charge in [0.25, 0.3) is 5.91 Å². The lowest BCUT2D eigenvalue weighted by Gasteiger charge is -2.25. The summed E-state index contributed by atoms with van der Waals surface area (Å²) in [6.45, 7) is 10.3. The minimum absolute atomic E-state index is 0.111. The van der Waals surface area contributed by atoms with E-state index in [0.717, 1.165) is 21.3 Å². The van der Waals surface area contributed by atoms with Crippen LogP contribution in [0.2, 0.25) is 0 Å². The molecule has 5 heteroatoms. The van der Waals surface area contributed by atoms with Gasteiger partial charge in [0, 0.05) is 22.1 Å². The summed E-state index contributed by atoms with van der Waals surface area (Å²) in [5.41, 5.74) is 1.77. The Hall–Kier alpha value is -1.07. The molecule has 1 aromatic rings. The molecule has 0 fully saturated rings. The normalized spacial score (nSPS) is 12.9. The molecule has 21 heavy (non-hydrogen) atoms. The van der Waals surface area contributed by atoms with Crippen LogP contribution in [0.25, 0.3) is 0 Å². The number of ether oxygens (including phenoxy) is 1. The first-order chi connectivity index (χ1) is 9.64. The second-order valence-electron chi connectivity index (χ2n) is 6.24. The standard InChI is InChI=1S/C16H25BrN2O2/c1-10-7-13(17)8-12(9-18-6)14(10)21-11(2)15(20)19-16(3,4)5/h7-8,11,18H,9H2,1-6H3,(H,19,20). The smallest absolute Gasteiger partial charge is 0.261 e. The van der Waals surface area contributed by atoms with Crippen molar-refractivity contribution in [1.29, 1.82) is 0 Å². The Morgan fingerprint density at radius 1 is 1.38 bits per heavy atom. The van der Waals surface area contributed by atoms with E-state index in [1.54, 1.807) is 6.92 Å². The van der Waals surface area contributed by atoms with Gasteiger partial charge in [0.1, 0.15) is 5.75 Å². The Morgan fingerprint density at radius 3 is 2.52 bits per heavy atom. The molecule has 0 saturated heterocycles. The van der Waals surface area contributed by atoms with Gasteiger partial charge in [0.2, 0.25) is 0 Å². The number of nitrogens with one attached hydrogen (secondary N) is 2. The molecule has 0 radical (unpaired) electrons. The number of carbonyl (C=O) groups excluding carboxylic acids is 1. The van der Waals surface area contributed by atoms with Gasteiger partial charge in [-0.3, -0.25) is 4.79 Å². The fourth-order valence-corrected chi connectivity index (χ4v) is 2.61. The predicted molar refractivity (Wildman–Crippen MR) is 89.6 cm³/mol. The molecule has 0 heterocycles. The first-order valence-electron chi connectivity index (χ1n) is 7.06. The average Bonchev–Trinajstić information content (AvgIpc) is 2.31. The summed E-state index contributed by atoms with van der Waals surface area (Å²) >= 11 is 3.49. The third-order valence-electron chi connectivity index (χ3n) is 2.85. The summed E-state index contributed by atoms with van der Waals surface area (Å²) in [5.74, 6) is 0.657. The third kappa shape index (κ3) is 5.67. The van der Waals surface area contributed by atoms with E-state index in [1.165, 1.54) is 0 Å². The molecule has 0 aliphatic carbocycles. The molecule has 0 bridgehead atoms. The molecular formula is C16H25BrN2O2. The van der Waals surface area contributed by atoms with Gasteiger partial charge in [-0.25, -0.2) is 0 Å². The SMILES string of the molecule is CNCc1cc(Br)cc(C)c1OC(C)C(=O)NC(C)(C)C. The lowest BCUT2D eigenvalue weighted by Crippen LogP contribution is -2.46. The molecule has 2 N–H and O–H groups in total. The Balaban J connectivity index is 2.94. The molecule has 118 valence electrons. The second-order valence-corrected chi connectivity index (χ2v) is 7.16. The van der Waals surface area contributed by atoms with Crippen molar-refractivity contribution in [1.82, 2.24) is 10.6 Å². The first-order valence-corrected chi connectivity index (χ1v) is 7.85. The zero-order valence-electron chi connectivity index (χ0n) is 13.6. The van der Waals surface area contributed by atoms with Crippen LogP contribution in [0.1, 0.15) is 38.8 Å². The summed E-state index contributed by atoms with van der Waals surface area (Å²) < 4.78 is 6.92. The van der Waals surface area contributed by atoms with Crippen LogP contribution in [0.4, 0.5) is 0 Å². The largest absolute Gasteiger partial charge is 0.480 e. The molecule has 4 nitrogen and oxygen atoms in total. The molecular weight excluding hydrogens is 332 g/mol. The van der Waals surface area contributed by atoms with E-state index in [2.05, 4.69) is 26.6 Å². The van der Waals surface area contributed by atoms with Crippen molar-refractivity contribution in [3.05, 3.63) is 27.7 Å². The van der Waals surface area contributed by atoms with Gasteiger partial charge in [-0.1, -0.05) is 15.9 Å². The highest BCUT2D eigenvalue weighted by molar-refractivity contribution is 9.10. The predicted octanol–water partition coefficient (Wildman–Crippen LogP) is 3.16. The lowest BCUT2D eigenvalue weighted by molar-refractivity contribution is -0.128. The minimum Gasteiger partial charge on any atom is -0.480 e. The third-order valence-corrected chi connectivity index (χ3v) is 3.30. The van der Waals surface area contributed by atoms with Crippen LogP contribution in [-0.2, 0) is 11.3 Å². The van der Waals surface area contributed by atoms with Crippen molar-refractivity contribution in [2.45, 2.75) is 52.8 Å². The van der Waals surface area contributed by atoms with Gasteiger partial charge in [-0.2, -0.15) is 0 Å². The lowest BCUT2D eigenvalue weighted by atomic mass is 10.1. The number of benzene rings is 1. The summed E-state index contributed by atoms with van der Waals surface area (Å²) in [6.07, 6.45) is -0.542. The summed E-state index contributed by atoms with van der Waals surface area (Å²) in [5, 5.41) is 6.05. The second kappa shape index (κ2) is 7.27. The quantitative estimate of drug-likeness (QED) is 0.851. The van der Waals surface area contributed by atoms with Crippen molar-refractivity contribution in [3.63, 3.8) is 0 Å². The van der Waals surface area contributed by atoms with Gasteiger partial charge < -0.3 is 15.4 Å². The van der Waals surface area contributed by atoms with Crippen LogP contribution in [0.3, 0.4) is 0 Å². The van der Waals surface area contributed by atoms with Gasteiger partial charge in [0.15, 0.2) is 6.10 Å². The van der Waals surface area contributed by atoms with Crippen LogP contribution in [0, 0.1) is 6.92 Å². The van der Waals surface area contributed by atoms with Crippen molar-refractivity contribution in [2.24, 2.45) is 0 Å². The van der Waals surface area contributed by atoms with E-state index in [-0.39, 0.29) is 11.4 Å². The van der Waals surface area contributed by atoms with E-state index in [1.807, 2.05) is 46.9 Å². The summed E-state index contributed by atoms with van der Waals surface area (Å²) in [7, 11) is 1.88. The summed E-state index contributed by atoms with van der Waals surface area (Å²) in [6, 6.07) is 4.00. The number of amides is 1. The molecule has 1 aromatic carbocycles. The van der Waals surface area contributed by atoms with Gasteiger partial charge in [-0.05, 0) is 59.4 Å². The number of hydrogen-bond acceptors (Lipinski definition) is 3. The van der Waals surface area contributed by atoms with Crippen molar-refractivity contribution in [2.75, 3.05) is 7.05 Å². The maximum atomic E-state index is 12.1. The van der Waals surface area contributed by atoms with E-state index in [4.69, 9.17) is 4.74 Å². The number of hydrogen-bond donors (Lipinski definition) is 2. The topological polar surface area (TPSA) is 50.4 Å². The molecule has 0 aliphatic rings. The van der Waals surface area contributed by atoms with E-state index >= 15 is 0 Å². The molecule has 1 atom stereocenters. The fraction of sp³-hybridized carbons (Fsp3) is 0.562. The van der Waals surface area contributed by atoms with Crippen LogP contribution in [-0.4, -0.2) is 24.6 Å². The molecule has 0 spiro atoms. The average molecular weight is 357 g/mol. The van der Waals surface area contributed by atoms with E-state index < -0.39 is 6.10 Å². The van der Waals surface area contributed by atoms with Gasteiger partial charge in [0.05, 0.1) is 0 Å². The van der Waals surface area contributed by atoms with Gasteiger partial charge >= 0.3 is 0 Å². The van der Waals surface area contributed by atoms with Crippen molar-refractivity contribution in [3.8, 4) is 5.75 Å². The molecule has 0 aliphatic heterocycles. The zero-order chi connectivity index (χ0) is 16.2. The van der Waals surface area contributed by atoms with Crippen molar-refractivity contribution >= 4 is 21.8 Å². The number of carbonyl (C=O) groups is 1. The highest BCUT2D eigenvalue weighted by Crippen LogP contribution is 2.29. The zero-order valence-corrected chi connectivity index (χ0v) is 15.2. The Kier molecular flexibility index (Phi) is 6.23. The van der Waals surface area contributed by atoms with Crippen LogP contribution in [0.15, 0.2) is 16.6 Å². The van der Waals surface area contributed by atoms with E-state index in [9.17, 15) is 4.79 Å². The molecule has 1 amide bonds. The molecule has 1 unspecified atom stereocenters. The number of aryl methyl sites for hydroxylation is 1. The van der Waals surface area contributed by atoms with E-state index in [0.29, 0.717) is 6.54 Å².